The van der Waals surface area contributed by atoms with Crippen LogP contribution in [-0.4, -0.2) is 29.8 Å². The maximum absolute atomic E-state index is 11.0. The average molecular weight is 235 g/mol. The highest BCUT2D eigenvalue weighted by Crippen LogP contribution is 2.20. The number of nitrogens with one attached hydrogen (secondary N) is 1. The van der Waals surface area contributed by atoms with Gasteiger partial charge in [-0.15, -0.1) is 0 Å². The molecule has 0 bridgehead atoms. The van der Waals surface area contributed by atoms with Crippen molar-refractivity contribution >= 4 is 5.97 Å². The predicted octanol–water partition coefficient (Wildman–Crippen LogP) is 1.66. The molecule has 1 aliphatic carbocycles. The van der Waals surface area contributed by atoms with Gasteiger partial charge in [-0.25, -0.2) is 0 Å². The molecule has 1 aromatic rings. The number of hydrogen-bond donors (Lipinski definition) is 2. The van der Waals surface area contributed by atoms with Crippen molar-refractivity contribution in [1.82, 2.24) is 5.32 Å². The van der Waals surface area contributed by atoms with Gasteiger partial charge in [0.05, 0.1) is 6.61 Å². The summed E-state index contributed by atoms with van der Waals surface area (Å²) in [5.74, 6) is -0.0170. The molecule has 1 atom stereocenters. The average Bonchev–Trinajstić information content (AvgIpc) is 3.13. The van der Waals surface area contributed by atoms with Crippen LogP contribution in [0.25, 0.3) is 0 Å². The van der Waals surface area contributed by atoms with Crippen LogP contribution in [0.15, 0.2) is 30.3 Å². The zero-order valence-corrected chi connectivity index (χ0v) is 9.63. The van der Waals surface area contributed by atoms with E-state index in [1.807, 2.05) is 30.3 Å². The van der Waals surface area contributed by atoms with Crippen LogP contribution in [0.3, 0.4) is 0 Å². The van der Waals surface area contributed by atoms with E-state index in [1.165, 1.54) is 0 Å². The molecule has 2 N–H and O–H groups in total. The predicted molar refractivity (Wildman–Crippen MR) is 64.1 cm³/mol. The first-order valence-corrected chi connectivity index (χ1v) is 5.92. The van der Waals surface area contributed by atoms with Crippen molar-refractivity contribution in [3.63, 3.8) is 0 Å². The Morgan fingerprint density at radius 3 is 2.71 bits per heavy atom. The topological polar surface area (TPSA) is 58.6 Å². The van der Waals surface area contributed by atoms with Crippen molar-refractivity contribution in [2.45, 2.75) is 31.3 Å². The number of para-hydroxylation sites is 1. The van der Waals surface area contributed by atoms with Gasteiger partial charge in [0.1, 0.15) is 11.8 Å². The third kappa shape index (κ3) is 4.07. The smallest absolute Gasteiger partial charge is 0.320 e. The lowest BCUT2D eigenvalue weighted by molar-refractivity contribution is -0.139. The van der Waals surface area contributed by atoms with E-state index in [-0.39, 0.29) is 0 Å². The molecule has 0 radical (unpaired) electrons. The first-order chi connectivity index (χ1) is 8.25. The van der Waals surface area contributed by atoms with Crippen molar-refractivity contribution in [3.05, 3.63) is 30.3 Å². The Labute approximate surface area is 101 Å². The number of benzene rings is 1. The second kappa shape index (κ2) is 5.68. The number of rotatable bonds is 7. The number of carbonyl (C=O) groups is 1. The van der Waals surface area contributed by atoms with E-state index in [0.29, 0.717) is 19.1 Å². The standard InChI is InChI=1S/C13H17NO3/c15-13(16)12(14-10-6-7-10)8-9-17-11-4-2-1-3-5-11/h1-5,10,12,14H,6-9H2,(H,15,16). The highest BCUT2D eigenvalue weighted by Gasteiger charge is 2.27. The van der Waals surface area contributed by atoms with Gasteiger partial charge in [-0.3, -0.25) is 4.79 Å². The molecule has 1 saturated carbocycles. The second-order valence-corrected chi connectivity index (χ2v) is 4.28. The molecule has 17 heavy (non-hydrogen) atoms. The zero-order valence-electron chi connectivity index (χ0n) is 9.63. The van der Waals surface area contributed by atoms with Crippen molar-refractivity contribution in [2.75, 3.05) is 6.61 Å². The van der Waals surface area contributed by atoms with Crippen LogP contribution in [-0.2, 0) is 4.79 Å². The fourth-order valence-corrected chi connectivity index (χ4v) is 1.62. The number of ether oxygens (including phenoxy) is 1. The number of hydrogen-bond acceptors (Lipinski definition) is 3. The molecule has 0 spiro atoms. The minimum absolute atomic E-state index is 0.396. The van der Waals surface area contributed by atoms with Crippen LogP contribution >= 0.6 is 0 Å². The fourth-order valence-electron chi connectivity index (χ4n) is 1.62. The van der Waals surface area contributed by atoms with Gasteiger partial charge in [0.25, 0.3) is 0 Å². The SMILES string of the molecule is O=C(O)C(CCOc1ccccc1)NC1CC1. The van der Waals surface area contributed by atoms with Crippen LogP contribution in [0.4, 0.5) is 0 Å². The van der Waals surface area contributed by atoms with Crippen LogP contribution < -0.4 is 10.1 Å². The summed E-state index contributed by atoms with van der Waals surface area (Å²) in [5, 5.41) is 12.1. The second-order valence-electron chi connectivity index (χ2n) is 4.28. The largest absolute Gasteiger partial charge is 0.494 e. The summed E-state index contributed by atoms with van der Waals surface area (Å²) >= 11 is 0. The molecular weight excluding hydrogens is 218 g/mol. The normalized spacial score (nSPS) is 16.5. The Hall–Kier alpha value is -1.55. The molecule has 1 fully saturated rings. The molecule has 0 saturated heterocycles. The van der Waals surface area contributed by atoms with Gasteiger partial charge in [-0.05, 0) is 25.0 Å². The van der Waals surface area contributed by atoms with Gasteiger partial charge in [0.2, 0.25) is 0 Å². The van der Waals surface area contributed by atoms with E-state index in [0.717, 1.165) is 18.6 Å². The van der Waals surface area contributed by atoms with Crippen LogP contribution in [0, 0.1) is 0 Å². The fraction of sp³-hybridized carbons (Fsp3) is 0.462. The maximum atomic E-state index is 11.0. The van der Waals surface area contributed by atoms with E-state index < -0.39 is 12.0 Å². The van der Waals surface area contributed by atoms with Crippen molar-refractivity contribution in [3.8, 4) is 5.75 Å². The van der Waals surface area contributed by atoms with Crippen molar-refractivity contribution in [1.29, 1.82) is 0 Å². The highest BCUT2D eigenvalue weighted by molar-refractivity contribution is 5.73. The van der Waals surface area contributed by atoms with E-state index in [4.69, 9.17) is 9.84 Å². The summed E-state index contributed by atoms with van der Waals surface area (Å²) in [5.41, 5.74) is 0. The first kappa shape index (κ1) is 11.9. The number of aliphatic carboxylic acids is 1. The highest BCUT2D eigenvalue weighted by atomic mass is 16.5. The molecule has 4 nitrogen and oxygen atoms in total. The Kier molecular flexibility index (Phi) is 3.98. The van der Waals surface area contributed by atoms with Gasteiger partial charge < -0.3 is 15.2 Å². The molecule has 92 valence electrons. The van der Waals surface area contributed by atoms with E-state index >= 15 is 0 Å². The van der Waals surface area contributed by atoms with Crippen LogP contribution in [0.1, 0.15) is 19.3 Å². The molecule has 0 heterocycles. The molecule has 1 unspecified atom stereocenters. The monoisotopic (exact) mass is 235 g/mol. The molecule has 0 aliphatic heterocycles. The zero-order chi connectivity index (χ0) is 12.1. The van der Waals surface area contributed by atoms with Gasteiger partial charge >= 0.3 is 5.97 Å². The maximum Gasteiger partial charge on any atom is 0.320 e. The number of carboxylic acid groups (broad SMARTS) is 1. The minimum Gasteiger partial charge on any atom is -0.494 e. The molecule has 0 amide bonds. The third-order valence-electron chi connectivity index (χ3n) is 2.73. The summed E-state index contributed by atoms with van der Waals surface area (Å²) < 4.78 is 5.49. The minimum atomic E-state index is -0.798. The summed E-state index contributed by atoms with van der Waals surface area (Å²) in [7, 11) is 0. The summed E-state index contributed by atoms with van der Waals surface area (Å²) in [6.07, 6.45) is 2.66. The van der Waals surface area contributed by atoms with Gasteiger partial charge in [0, 0.05) is 12.5 Å². The molecule has 2 rings (SSSR count). The molecule has 0 aromatic heterocycles. The summed E-state index contributed by atoms with van der Waals surface area (Å²) in [6.45, 7) is 0.417. The number of carboxylic acids is 1. The third-order valence-corrected chi connectivity index (χ3v) is 2.73. The van der Waals surface area contributed by atoms with Crippen molar-refractivity contribution < 1.29 is 14.6 Å². The Morgan fingerprint density at radius 2 is 2.12 bits per heavy atom. The lowest BCUT2D eigenvalue weighted by Gasteiger charge is -2.14. The summed E-state index contributed by atoms with van der Waals surface area (Å²) in [4.78, 5) is 11.0. The lowest BCUT2D eigenvalue weighted by Crippen LogP contribution is -2.39. The van der Waals surface area contributed by atoms with E-state index in [9.17, 15) is 4.79 Å². The Balaban J connectivity index is 1.73. The molecule has 4 heteroatoms. The van der Waals surface area contributed by atoms with E-state index in [2.05, 4.69) is 5.32 Å². The molecular formula is C13H17NO3. The summed E-state index contributed by atoms with van der Waals surface area (Å²) in [6, 6.07) is 9.34. The van der Waals surface area contributed by atoms with Crippen LogP contribution in [0.2, 0.25) is 0 Å². The molecule has 1 aliphatic rings. The van der Waals surface area contributed by atoms with Crippen LogP contribution in [0.5, 0.6) is 5.75 Å². The van der Waals surface area contributed by atoms with Gasteiger partial charge in [-0.2, -0.15) is 0 Å². The van der Waals surface area contributed by atoms with E-state index in [1.54, 1.807) is 0 Å². The van der Waals surface area contributed by atoms with Gasteiger partial charge in [-0.1, -0.05) is 18.2 Å². The lowest BCUT2D eigenvalue weighted by atomic mass is 10.2. The first-order valence-electron chi connectivity index (χ1n) is 5.92. The Bertz CT molecular complexity index is 362. The Morgan fingerprint density at radius 1 is 1.41 bits per heavy atom. The van der Waals surface area contributed by atoms with Crippen molar-refractivity contribution in [2.24, 2.45) is 0 Å². The molecule has 1 aromatic carbocycles. The van der Waals surface area contributed by atoms with Gasteiger partial charge in [0.15, 0.2) is 0 Å². The quantitative estimate of drug-likeness (QED) is 0.754.